The lowest BCUT2D eigenvalue weighted by atomic mass is 9.76. The molecule has 8 heteroatoms. The molecule has 0 spiro atoms. The van der Waals surface area contributed by atoms with Crippen LogP contribution in [-0.2, 0) is 5.41 Å². The Labute approximate surface area is 241 Å². The van der Waals surface area contributed by atoms with Gasteiger partial charge in [-0.15, -0.1) is 0 Å². The Kier molecular flexibility index (Phi) is 8.13. The zero-order chi connectivity index (χ0) is 29.1. The fraction of sp³-hybridized carbons (Fsp3) is 0.364. The van der Waals surface area contributed by atoms with Crippen molar-refractivity contribution in [2.75, 3.05) is 23.7 Å². The highest BCUT2D eigenvalue weighted by atomic mass is 16.3. The Hall–Kier alpha value is -4.17. The standard InChI is InChI=1S/C33H39N5O3/c1-21-9-11-26(12-10-21)38-29(20-28(37-38)33(3,4)5)36-32(40)35-25-8-6-7-24(19-25)30(23-13-16-34-17-14-23)31(39)27-15-18-41-22(27)2/h6-12,15,18-20,23,30,34H,13-14,16-17H2,1-5H3,(H2,35,36,40). The third-order valence-electron chi connectivity index (χ3n) is 7.76. The minimum absolute atomic E-state index is 0.0569. The van der Waals surface area contributed by atoms with Crippen molar-refractivity contribution in [1.82, 2.24) is 15.1 Å². The number of aryl methyl sites for hydroxylation is 2. The molecule has 3 heterocycles. The first kappa shape index (κ1) is 28.4. The van der Waals surface area contributed by atoms with Crippen molar-refractivity contribution >= 4 is 23.3 Å². The Balaban J connectivity index is 1.40. The first-order chi connectivity index (χ1) is 19.6. The summed E-state index contributed by atoms with van der Waals surface area (Å²) in [5.74, 6) is 1.13. The third-order valence-corrected chi connectivity index (χ3v) is 7.76. The number of piperidine rings is 1. The van der Waals surface area contributed by atoms with Crippen LogP contribution in [0.25, 0.3) is 5.69 Å². The molecule has 0 aliphatic carbocycles. The number of nitrogens with zero attached hydrogens (tertiary/aromatic N) is 2. The Morgan fingerprint density at radius 3 is 2.39 bits per heavy atom. The molecular weight excluding hydrogens is 514 g/mol. The van der Waals surface area contributed by atoms with Crippen LogP contribution in [0, 0.1) is 19.8 Å². The summed E-state index contributed by atoms with van der Waals surface area (Å²) in [6, 6.07) is 18.9. The number of aromatic nitrogens is 2. The van der Waals surface area contributed by atoms with Gasteiger partial charge in [0.15, 0.2) is 5.78 Å². The van der Waals surface area contributed by atoms with E-state index in [1.165, 1.54) is 0 Å². The molecule has 4 aromatic rings. The molecule has 214 valence electrons. The summed E-state index contributed by atoms with van der Waals surface area (Å²) < 4.78 is 7.22. The SMILES string of the molecule is Cc1ccc(-n2nc(C(C)(C)C)cc2NC(=O)Nc2cccc(C(C(=O)c3ccoc3C)C3CCNCC3)c2)cc1. The summed E-state index contributed by atoms with van der Waals surface area (Å²) in [5.41, 5.74) is 4.81. The molecular formula is C33H39N5O3. The average Bonchev–Trinajstić information content (AvgIpc) is 3.56. The highest BCUT2D eigenvalue weighted by Gasteiger charge is 2.33. The van der Waals surface area contributed by atoms with E-state index in [1.807, 2.05) is 68.4 Å². The molecule has 5 rings (SSSR count). The summed E-state index contributed by atoms with van der Waals surface area (Å²) in [6.07, 6.45) is 3.38. The van der Waals surface area contributed by atoms with Crippen LogP contribution in [0.2, 0.25) is 0 Å². The van der Waals surface area contributed by atoms with Crippen LogP contribution >= 0.6 is 0 Å². The zero-order valence-corrected chi connectivity index (χ0v) is 24.5. The largest absolute Gasteiger partial charge is 0.469 e. The quantitative estimate of drug-likeness (QED) is 0.214. The van der Waals surface area contributed by atoms with Crippen molar-refractivity contribution in [2.24, 2.45) is 5.92 Å². The maximum Gasteiger partial charge on any atom is 0.324 e. The van der Waals surface area contributed by atoms with Gasteiger partial charge in [-0.2, -0.15) is 5.10 Å². The number of carbonyl (C=O) groups is 2. The number of hydrogen-bond acceptors (Lipinski definition) is 5. The number of amides is 2. The van der Waals surface area contributed by atoms with Crippen LogP contribution in [0.15, 0.2) is 71.3 Å². The Morgan fingerprint density at radius 2 is 1.73 bits per heavy atom. The van der Waals surface area contributed by atoms with Crippen LogP contribution < -0.4 is 16.0 Å². The maximum absolute atomic E-state index is 13.8. The minimum Gasteiger partial charge on any atom is -0.469 e. The van der Waals surface area contributed by atoms with Gasteiger partial charge in [0.25, 0.3) is 0 Å². The van der Waals surface area contributed by atoms with Crippen LogP contribution in [0.5, 0.6) is 0 Å². The molecule has 8 nitrogen and oxygen atoms in total. The lowest BCUT2D eigenvalue weighted by Crippen LogP contribution is -2.33. The second-order valence-electron chi connectivity index (χ2n) is 11.9. The van der Waals surface area contributed by atoms with Crippen molar-refractivity contribution in [3.05, 3.63) is 95.1 Å². The number of nitrogens with one attached hydrogen (secondary N) is 3. The van der Waals surface area contributed by atoms with E-state index in [4.69, 9.17) is 9.52 Å². The van der Waals surface area contributed by atoms with E-state index in [9.17, 15) is 9.59 Å². The number of anilines is 2. The molecule has 1 aliphatic rings. The zero-order valence-electron chi connectivity index (χ0n) is 24.5. The number of furan rings is 1. The molecule has 3 N–H and O–H groups in total. The molecule has 2 amide bonds. The third kappa shape index (κ3) is 6.43. The molecule has 0 bridgehead atoms. The smallest absolute Gasteiger partial charge is 0.324 e. The highest BCUT2D eigenvalue weighted by Crippen LogP contribution is 2.36. The summed E-state index contributed by atoms with van der Waals surface area (Å²) in [6.45, 7) is 11.9. The summed E-state index contributed by atoms with van der Waals surface area (Å²) in [4.78, 5) is 27.1. The van der Waals surface area contributed by atoms with Gasteiger partial charge in [-0.05, 0) is 81.6 Å². The van der Waals surface area contributed by atoms with E-state index in [1.54, 1.807) is 17.0 Å². The summed E-state index contributed by atoms with van der Waals surface area (Å²) >= 11 is 0. The molecule has 0 radical (unpaired) electrons. The number of ketones is 1. The molecule has 1 saturated heterocycles. The molecule has 0 saturated carbocycles. The van der Waals surface area contributed by atoms with Gasteiger partial charge in [-0.3, -0.25) is 10.1 Å². The van der Waals surface area contributed by atoms with Gasteiger partial charge in [0.05, 0.1) is 29.1 Å². The number of urea groups is 1. The van der Waals surface area contributed by atoms with Gasteiger partial charge in [0, 0.05) is 17.2 Å². The van der Waals surface area contributed by atoms with Gasteiger partial charge >= 0.3 is 6.03 Å². The number of Topliss-reactive ketones (excluding diaryl/α,β-unsaturated/α-hetero) is 1. The van der Waals surface area contributed by atoms with Gasteiger partial charge in [-0.25, -0.2) is 9.48 Å². The van der Waals surface area contributed by atoms with Crippen molar-refractivity contribution < 1.29 is 14.0 Å². The van der Waals surface area contributed by atoms with Crippen LogP contribution in [-0.4, -0.2) is 34.7 Å². The van der Waals surface area contributed by atoms with Crippen LogP contribution in [0.1, 0.15) is 72.5 Å². The fourth-order valence-electron chi connectivity index (χ4n) is 5.43. The van der Waals surface area contributed by atoms with Crippen LogP contribution in [0.4, 0.5) is 16.3 Å². The normalized spacial score (nSPS) is 15.0. The maximum atomic E-state index is 13.8. The number of hydrogen-bond donors (Lipinski definition) is 3. The first-order valence-corrected chi connectivity index (χ1v) is 14.2. The van der Waals surface area contributed by atoms with Crippen molar-refractivity contribution in [3.63, 3.8) is 0 Å². The number of rotatable bonds is 7. The molecule has 1 atom stereocenters. The van der Waals surface area contributed by atoms with E-state index in [0.29, 0.717) is 22.8 Å². The summed E-state index contributed by atoms with van der Waals surface area (Å²) in [7, 11) is 0. The number of carbonyl (C=O) groups excluding carboxylic acids is 2. The van der Waals surface area contributed by atoms with E-state index in [-0.39, 0.29) is 29.1 Å². The van der Waals surface area contributed by atoms with E-state index in [0.717, 1.165) is 48.4 Å². The van der Waals surface area contributed by atoms with Crippen molar-refractivity contribution in [3.8, 4) is 5.69 Å². The van der Waals surface area contributed by atoms with Gasteiger partial charge in [-0.1, -0.05) is 50.6 Å². The molecule has 1 unspecified atom stereocenters. The average molecular weight is 554 g/mol. The van der Waals surface area contributed by atoms with Gasteiger partial charge in [0.1, 0.15) is 11.6 Å². The Morgan fingerprint density at radius 1 is 1.00 bits per heavy atom. The molecule has 1 aliphatic heterocycles. The van der Waals surface area contributed by atoms with Crippen molar-refractivity contribution in [1.29, 1.82) is 0 Å². The Bertz CT molecular complexity index is 1520. The van der Waals surface area contributed by atoms with Crippen LogP contribution in [0.3, 0.4) is 0 Å². The predicted molar refractivity (Wildman–Crippen MR) is 162 cm³/mol. The lowest BCUT2D eigenvalue weighted by Gasteiger charge is -2.30. The lowest BCUT2D eigenvalue weighted by molar-refractivity contribution is 0.0914. The van der Waals surface area contributed by atoms with E-state index in [2.05, 4.69) is 36.7 Å². The molecule has 2 aromatic carbocycles. The summed E-state index contributed by atoms with van der Waals surface area (Å²) in [5, 5.41) is 14.2. The second kappa shape index (κ2) is 11.7. The van der Waals surface area contributed by atoms with E-state index >= 15 is 0 Å². The van der Waals surface area contributed by atoms with Crippen molar-refractivity contribution in [2.45, 2.75) is 58.8 Å². The predicted octanol–water partition coefficient (Wildman–Crippen LogP) is 6.99. The van der Waals surface area contributed by atoms with E-state index < -0.39 is 0 Å². The monoisotopic (exact) mass is 553 g/mol. The van der Waals surface area contributed by atoms with Gasteiger partial charge in [0.2, 0.25) is 0 Å². The minimum atomic E-state index is -0.383. The topological polar surface area (TPSA) is 101 Å². The second-order valence-corrected chi connectivity index (χ2v) is 11.9. The molecule has 1 fully saturated rings. The first-order valence-electron chi connectivity index (χ1n) is 14.2. The molecule has 2 aromatic heterocycles. The van der Waals surface area contributed by atoms with Gasteiger partial charge < -0.3 is 15.1 Å². The number of benzene rings is 2. The highest BCUT2D eigenvalue weighted by molar-refractivity contribution is 6.02. The fourth-order valence-corrected chi connectivity index (χ4v) is 5.43. The molecule has 41 heavy (non-hydrogen) atoms.